The van der Waals surface area contributed by atoms with Gasteiger partial charge in [0.25, 0.3) is 0 Å². The molecule has 0 atom stereocenters. The molecular weight excluding hydrogens is 651 g/mol. The maximum Gasteiger partial charge on any atom is 0.132 e. The van der Waals surface area contributed by atoms with Crippen molar-refractivity contribution < 1.29 is 4.74 Å². The van der Waals surface area contributed by atoms with E-state index in [1.165, 1.54) is 37.6 Å². The van der Waals surface area contributed by atoms with Crippen LogP contribution >= 0.6 is 11.8 Å². The molecule has 0 saturated heterocycles. The van der Waals surface area contributed by atoms with Crippen molar-refractivity contribution in [2.24, 2.45) is 0 Å². The Kier molecular flexibility index (Phi) is 7.33. The highest BCUT2D eigenvalue weighted by atomic mass is 32.2. The lowest BCUT2D eigenvalue weighted by Crippen LogP contribution is -2.37. The molecule has 0 N–H and O–H groups in total. The summed E-state index contributed by atoms with van der Waals surface area (Å²) in [6, 6.07) is 72.0. The fourth-order valence-electron chi connectivity index (χ4n) is 8.06. The average Bonchev–Trinajstić information content (AvgIpc) is 3.22. The lowest BCUT2D eigenvalue weighted by atomic mass is 9.63. The Morgan fingerprint density at radius 3 is 1.50 bits per heavy atom. The molecule has 0 saturated carbocycles. The molecule has 0 fully saturated rings. The molecule has 0 aromatic heterocycles. The molecule has 2 aliphatic rings. The van der Waals surface area contributed by atoms with Gasteiger partial charge in [-0.05, 0) is 94.0 Å². The van der Waals surface area contributed by atoms with E-state index in [2.05, 4.69) is 205 Å². The van der Waals surface area contributed by atoms with Gasteiger partial charge in [-0.1, -0.05) is 151 Å². The molecule has 0 bridgehead atoms. The van der Waals surface area contributed by atoms with Crippen molar-refractivity contribution in [2.75, 3.05) is 4.90 Å². The summed E-state index contributed by atoms with van der Waals surface area (Å²) in [6.07, 6.45) is 0. The van der Waals surface area contributed by atoms with Crippen molar-refractivity contribution in [1.82, 2.24) is 0 Å². The molecule has 0 aliphatic carbocycles. The molecular formula is C49H33NOS. The first-order valence-corrected chi connectivity index (χ1v) is 18.5. The zero-order valence-electron chi connectivity index (χ0n) is 28.3. The van der Waals surface area contributed by atoms with Gasteiger partial charge in [0.1, 0.15) is 11.5 Å². The number of rotatable bonds is 5. The molecule has 0 radical (unpaired) electrons. The van der Waals surface area contributed by atoms with Gasteiger partial charge < -0.3 is 9.64 Å². The minimum Gasteiger partial charge on any atom is -0.457 e. The van der Waals surface area contributed by atoms with Crippen LogP contribution in [0.2, 0.25) is 0 Å². The van der Waals surface area contributed by atoms with Gasteiger partial charge in [-0.25, -0.2) is 0 Å². The number of benzene rings is 8. The zero-order chi connectivity index (χ0) is 34.5. The van der Waals surface area contributed by atoms with Gasteiger partial charge >= 0.3 is 0 Å². The summed E-state index contributed by atoms with van der Waals surface area (Å²) in [6.45, 7) is 0. The minimum atomic E-state index is -0.605. The predicted molar refractivity (Wildman–Crippen MR) is 215 cm³/mol. The Hall–Kier alpha value is -6.29. The van der Waals surface area contributed by atoms with Crippen LogP contribution in [0.1, 0.15) is 22.3 Å². The summed E-state index contributed by atoms with van der Waals surface area (Å²) in [5.41, 5.74) is 12.2. The van der Waals surface area contributed by atoms with Gasteiger partial charge in [0.2, 0.25) is 0 Å². The molecule has 2 heterocycles. The Morgan fingerprint density at radius 1 is 0.346 bits per heavy atom. The van der Waals surface area contributed by atoms with Crippen LogP contribution in [-0.2, 0) is 5.41 Å². The summed E-state index contributed by atoms with van der Waals surface area (Å²) >= 11 is 1.85. The van der Waals surface area contributed by atoms with Crippen LogP contribution < -0.4 is 9.64 Å². The maximum atomic E-state index is 6.98. The van der Waals surface area contributed by atoms with Crippen molar-refractivity contribution in [1.29, 1.82) is 0 Å². The number of hydrogen-bond acceptors (Lipinski definition) is 3. The topological polar surface area (TPSA) is 12.5 Å². The smallest absolute Gasteiger partial charge is 0.132 e. The Bertz CT molecular complexity index is 2520. The highest BCUT2D eigenvalue weighted by molar-refractivity contribution is 7.99. The second-order valence-corrected chi connectivity index (χ2v) is 14.4. The van der Waals surface area contributed by atoms with E-state index in [9.17, 15) is 0 Å². The van der Waals surface area contributed by atoms with Crippen LogP contribution in [-0.4, -0.2) is 0 Å². The summed E-state index contributed by atoms with van der Waals surface area (Å²) in [4.78, 5) is 4.87. The van der Waals surface area contributed by atoms with E-state index in [1.54, 1.807) is 0 Å². The standard InChI is InChI=1S/C49H33NOS/c1-4-14-34(15-5-1)36-24-27-39(28-25-36)50(38-18-8-3-9-19-38)40-29-31-45-44(33-40)49(41-30-26-37(32-46(41)51-45)35-16-6-2-7-17-35)42-20-10-12-22-47(42)52-48-23-13-11-21-43(48)49/h1-33H. The Morgan fingerprint density at radius 2 is 0.846 bits per heavy atom. The highest BCUT2D eigenvalue weighted by Crippen LogP contribution is 2.62. The number of anilines is 3. The summed E-state index contributed by atoms with van der Waals surface area (Å²) in [7, 11) is 0. The largest absolute Gasteiger partial charge is 0.457 e. The van der Waals surface area contributed by atoms with Crippen LogP contribution in [0.3, 0.4) is 0 Å². The average molecular weight is 684 g/mol. The van der Waals surface area contributed by atoms with Crippen molar-refractivity contribution in [3.63, 3.8) is 0 Å². The summed E-state index contributed by atoms with van der Waals surface area (Å²) in [5.74, 6) is 1.75. The number of fused-ring (bicyclic) bond motifs is 8. The third-order valence-electron chi connectivity index (χ3n) is 10.4. The van der Waals surface area contributed by atoms with E-state index in [4.69, 9.17) is 4.74 Å². The van der Waals surface area contributed by atoms with E-state index in [0.717, 1.165) is 45.3 Å². The minimum absolute atomic E-state index is 0.605. The molecule has 246 valence electrons. The van der Waals surface area contributed by atoms with Gasteiger partial charge in [-0.3, -0.25) is 0 Å². The van der Waals surface area contributed by atoms with Gasteiger partial charge in [-0.2, -0.15) is 0 Å². The maximum absolute atomic E-state index is 6.98. The second kappa shape index (κ2) is 12.5. The fourth-order valence-corrected chi connectivity index (χ4v) is 9.25. The first kappa shape index (κ1) is 30.5. The molecule has 0 unspecified atom stereocenters. The van der Waals surface area contributed by atoms with Crippen molar-refractivity contribution in [3.05, 3.63) is 222 Å². The Balaban J connectivity index is 1.21. The molecule has 1 spiro atoms. The predicted octanol–water partition coefficient (Wildman–Crippen LogP) is 13.4. The van der Waals surface area contributed by atoms with E-state index in [1.807, 2.05) is 11.8 Å². The van der Waals surface area contributed by atoms with Crippen LogP contribution in [0.4, 0.5) is 17.1 Å². The lowest BCUT2D eigenvalue weighted by Gasteiger charge is -2.45. The lowest BCUT2D eigenvalue weighted by molar-refractivity contribution is 0.431. The SMILES string of the molecule is c1ccc(-c2ccc(N(c3ccccc3)c3ccc4c(c3)C3(c5ccc(-c6ccccc6)cc5O4)c4ccccc4Sc4ccccc43)cc2)cc1. The van der Waals surface area contributed by atoms with Gasteiger partial charge in [0.05, 0.1) is 5.41 Å². The summed E-state index contributed by atoms with van der Waals surface area (Å²) in [5, 5.41) is 0. The molecule has 10 rings (SSSR count). The van der Waals surface area contributed by atoms with Crippen LogP contribution in [0.5, 0.6) is 11.5 Å². The molecule has 2 aliphatic heterocycles. The van der Waals surface area contributed by atoms with Crippen molar-refractivity contribution in [2.45, 2.75) is 15.2 Å². The van der Waals surface area contributed by atoms with Crippen molar-refractivity contribution >= 4 is 28.8 Å². The summed E-state index contributed by atoms with van der Waals surface area (Å²) < 4.78 is 6.98. The number of hydrogen-bond donors (Lipinski definition) is 0. The van der Waals surface area contributed by atoms with Gasteiger partial charge in [0, 0.05) is 38.0 Å². The normalized spacial score (nSPS) is 13.2. The van der Waals surface area contributed by atoms with Crippen LogP contribution in [0, 0.1) is 0 Å². The fraction of sp³-hybridized carbons (Fsp3) is 0.0204. The molecule has 3 heteroatoms. The van der Waals surface area contributed by atoms with Crippen LogP contribution in [0.25, 0.3) is 22.3 Å². The highest BCUT2D eigenvalue weighted by Gasteiger charge is 2.50. The molecule has 2 nitrogen and oxygen atoms in total. The molecule has 8 aromatic carbocycles. The van der Waals surface area contributed by atoms with Gasteiger partial charge in [0.15, 0.2) is 0 Å². The Labute approximate surface area is 308 Å². The number of ether oxygens (including phenoxy) is 1. The monoisotopic (exact) mass is 683 g/mol. The van der Waals surface area contributed by atoms with Crippen molar-refractivity contribution in [3.8, 4) is 33.8 Å². The number of nitrogens with zero attached hydrogens (tertiary/aromatic N) is 1. The number of para-hydroxylation sites is 1. The first-order valence-electron chi connectivity index (χ1n) is 17.7. The second-order valence-electron chi connectivity index (χ2n) is 13.3. The van der Waals surface area contributed by atoms with E-state index < -0.39 is 5.41 Å². The third kappa shape index (κ3) is 4.89. The van der Waals surface area contributed by atoms with E-state index in [0.29, 0.717) is 0 Å². The van der Waals surface area contributed by atoms with Crippen LogP contribution in [0.15, 0.2) is 210 Å². The van der Waals surface area contributed by atoms with E-state index in [-0.39, 0.29) is 0 Å². The molecule has 8 aromatic rings. The molecule has 0 amide bonds. The quantitative estimate of drug-likeness (QED) is 0.179. The van der Waals surface area contributed by atoms with Gasteiger partial charge in [-0.15, -0.1) is 0 Å². The zero-order valence-corrected chi connectivity index (χ0v) is 29.1. The third-order valence-corrected chi connectivity index (χ3v) is 11.5. The van der Waals surface area contributed by atoms with E-state index >= 15 is 0 Å². The first-order chi connectivity index (χ1) is 25.8. The molecule has 52 heavy (non-hydrogen) atoms.